The van der Waals surface area contributed by atoms with Gasteiger partial charge in [-0.1, -0.05) is 72.8 Å². The molecule has 4 aromatic carbocycles. The largest absolute Gasteiger partial charge is 0.134 e. The van der Waals surface area contributed by atoms with Gasteiger partial charge < -0.3 is 0 Å². The number of rotatable bonds is 0. The molecular weight excluding hydrogens is 705 g/mol. The minimum absolute atomic E-state index is 1.04. The van der Waals surface area contributed by atoms with E-state index in [0.717, 1.165) is 51.4 Å². The molecule has 0 radical (unpaired) electrons. The maximum atomic E-state index is 2.50. The van der Waals surface area contributed by atoms with E-state index in [2.05, 4.69) is 121 Å². The second kappa shape index (κ2) is 12.7. The van der Waals surface area contributed by atoms with E-state index in [-0.39, 0.29) is 0 Å². The van der Waals surface area contributed by atoms with E-state index in [4.69, 9.17) is 0 Å². The molecule has 0 fully saturated rings. The highest BCUT2D eigenvalue weighted by Gasteiger charge is 2.19. The molecule has 4 aromatic heterocycles. The zero-order valence-electron chi connectivity index (χ0n) is 28.8. The molecule has 0 amide bonds. The van der Waals surface area contributed by atoms with E-state index < -0.39 is 0 Å². The molecule has 0 unspecified atom stereocenters. The molecule has 0 atom stereocenters. The van der Waals surface area contributed by atoms with Crippen molar-refractivity contribution in [3.8, 4) is 61.3 Å². The predicted molar refractivity (Wildman–Crippen MR) is 227 cm³/mol. The minimum Gasteiger partial charge on any atom is -0.134 e. The van der Waals surface area contributed by atoms with Gasteiger partial charge in [-0.25, -0.2) is 0 Å². The first-order chi connectivity index (χ1) is 25.7. The van der Waals surface area contributed by atoms with Crippen LogP contribution in [0.15, 0.2) is 121 Å². The van der Waals surface area contributed by atoms with Gasteiger partial charge in [-0.2, -0.15) is 0 Å². The summed E-state index contributed by atoms with van der Waals surface area (Å²) in [5.41, 5.74) is 17.2. The lowest BCUT2D eigenvalue weighted by Crippen LogP contribution is -2.01. The summed E-state index contributed by atoms with van der Waals surface area (Å²) in [5.74, 6) is 0. The number of benzene rings is 4. The highest BCUT2D eigenvalue weighted by atomic mass is 32.1. The van der Waals surface area contributed by atoms with E-state index >= 15 is 0 Å². The van der Waals surface area contributed by atoms with Crippen molar-refractivity contribution >= 4 is 45.3 Å². The molecule has 20 bridgehead atoms. The quantitative estimate of drug-likeness (QED) is 0.145. The van der Waals surface area contributed by atoms with Crippen LogP contribution in [0.4, 0.5) is 0 Å². The Morgan fingerprint density at radius 1 is 0.231 bits per heavy atom. The normalized spacial score (nSPS) is 14.3. The fourth-order valence-corrected chi connectivity index (χ4v) is 12.9. The fourth-order valence-electron chi connectivity index (χ4n) is 8.48. The van der Waals surface area contributed by atoms with Gasteiger partial charge in [0.25, 0.3) is 0 Å². The summed E-state index contributed by atoms with van der Waals surface area (Å²) < 4.78 is 0. The molecule has 0 N–H and O–H groups in total. The van der Waals surface area contributed by atoms with Crippen molar-refractivity contribution in [2.75, 3.05) is 0 Å². The lowest BCUT2D eigenvalue weighted by molar-refractivity contribution is 0.926. The van der Waals surface area contributed by atoms with Crippen molar-refractivity contribution in [2.24, 2.45) is 0 Å². The molecular formula is C48H36S4. The van der Waals surface area contributed by atoms with Gasteiger partial charge >= 0.3 is 0 Å². The van der Waals surface area contributed by atoms with Crippen molar-refractivity contribution in [1.82, 2.24) is 0 Å². The predicted octanol–water partition coefficient (Wildman–Crippen LogP) is 14.0. The smallest absolute Gasteiger partial charge is 0.0449 e. The lowest BCUT2D eigenvalue weighted by atomic mass is 9.90. The van der Waals surface area contributed by atoms with Gasteiger partial charge in [0.1, 0.15) is 0 Å². The lowest BCUT2D eigenvalue weighted by Gasteiger charge is -2.16. The van der Waals surface area contributed by atoms with Crippen molar-refractivity contribution < 1.29 is 0 Å². The van der Waals surface area contributed by atoms with E-state index in [0.29, 0.717) is 0 Å². The molecule has 9 aliphatic rings. The molecule has 8 aliphatic carbocycles. The standard InChI is InChI=1S/C48H36S4/c1-9-33-14-6-30-2-10-34-13-5-29(1)25-37(33)41-17-21-45(49-41)46-23-19-43(51-46)39-27-31-3-11-35(39)15-7-32-4-12-36(16-8-31)40(28-32)44-20-24-48(52-44)47-22-18-42(50-47)38(34)26-30/h1-4,9-12,17-28H,5-8,13-16H2. The Hall–Kier alpha value is -4.32. The molecule has 252 valence electrons. The molecule has 1 aliphatic heterocycles. The Kier molecular flexibility index (Phi) is 7.61. The van der Waals surface area contributed by atoms with E-state index in [1.165, 1.54) is 106 Å². The Morgan fingerprint density at radius 2 is 0.462 bits per heavy atom. The number of fused-ring (bicyclic) bond motifs is 10. The third kappa shape index (κ3) is 5.59. The molecule has 0 saturated carbocycles. The number of thiophene rings is 4. The van der Waals surface area contributed by atoms with Gasteiger partial charge in [-0.3, -0.25) is 0 Å². The highest BCUT2D eigenvalue weighted by Crippen LogP contribution is 2.45. The first-order valence-corrected chi connectivity index (χ1v) is 21.8. The van der Waals surface area contributed by atoms with Crippen LogP contribution in [0.1, 0.15) is 44.5 Å². The molecule has 5 heterocycles. The van der Waals surface area contributed by atoms with Crippen LogP contribution in [0.5, 0.6) is 0 Å². The third-order valence-corrected chi connectivity index (χ3v) is 16.3. The number of hydrogen-bond donors (Lipinski definition) is 0. The average Bonchev–Trinajstić information content (AvgIpc) is 4.00. The average molecular weight is 741 g/mol. The van der Waals surface area contributed by atoms with Gasteiger partial charge in [-0.05, 0) is 167 Å². The maximum absolute atomic E-state index is 2.50. The Labute approximate surface area is 321 Å². The van der Waals surface area contributed by atoms with Crippen molar-refractivity contribution in [2.45, 2.75) is 51.4 Å². The van der Waals surface area contributed by atoms with Crippen LogP contribution < -0.4 is 0 Å². The summed E-state index contributed by atoms with van der Waals surface area (Å²) >= 11 is 7.85. The number of hydrogen-bond acceptors (Lipinski definition) is 4. The molecule has 52 heavy (non-hydrogen) atoms. The van der Waals surface area contributed by atoms with Crippen molar-refractivity contribution in [3.05, 3.63) is 166 Å². The Balaban J connectivity index is 1.08. The van der Waals surface area contributed by atoms with Crippen molar-refractivity contribution in [3.63, 3.8) is 0 Å². The van der Waals surface area contributed by atoms with Crippen LogP contribution in [-0.2, 0) is 51.4 Å². The molecule has 0 nitrogen and oxygen atoms in total. The molecule has 8 aromatic rings. The summed E-state index contributed by atoms with van der Waals surface area (Å²) in [6, 6.07) is 48.2. The van der Waals surface area contributed by atoms with Gasteiger partial charge in [0.05, 0.1) is 0 Å². The van der Waals surface area contributed by atoms with Gasteiger partial charge in [0.15, 0.2) is 0 Å². The summed E-state index contributed by atoms with van der Waals surface area (Å²) in [4.78, 5) is 11.0. The van der Waals surface area contributed by atoms with Crippen molar-refractivity contribution in [1.29, 1.82) is 0 Å². The third-order valence-electron chi connectivity index (χ3n) is 11.4. The van der Waals surface area contributed by atoms with Crippen LogP contribution in [0.2, 0.25) is 0 Å². The van der Waals surface area contributed by atoms with Crippen LogP contribution >= 0.6 is 45.3 Å². The monoisotopic (exact) mass is 740 g/mol. The van der Waals surface area contributed by atoms with E-state index in [1.54, 1.807) is 0 Å². The van der Waals surface area contributed by atoms with Crippen LogP contribution in [0, 0.1) is 0 Å². The Bertz CT molecular complexity index is 2290. The van der Waals surface area contributed by atoms with E-state index in [9.17, 15) is 0 Å². The fraction of sp³-hybridized carbons (Fsp3) is 0.167. The summed E-state index contributed by atoms with van der Waals surface area (Å²) in [5, 5.41) is 0. The highest BCUT2D eigenvalue weighted by molar-refractivity contribution is 7.25. The molecule has 4 heteroatoms. The minimum atomic E-state index is 1.04. The summed E-state index contributed by atoms with van der Waals surface area (Å²) in [6.07, 6.45) is 8.34. The molecule has 0 saturated heterocycles. The van der Waals surface area contributed by atoms with Gasteiger partial charge in [0, 0.05) is 39.0 Å². The maximum Gasteiger partial charge on any atom is 0.0449 e. The Morgan fingerprint density at radius 3 is 0.712 bits per heavy atom. The molecule has 0 spiro atoms. The van der Waals surface area contributed by atoms with E-state index in [1.807, 2.05) is 45.3 Å². The van der Waals surface area contributed by atoms with Crippen LogP contribution in [0.3, 0.4) is 0 Å². The van der Waals surface area contributed by atoms with Gasteiger partial charge in [0.2, 0.25) is 0 Å². The molecule has 17 rings (SSSR count). The second-order valence-electron chi connectivity index (χ2n) is 14.6. The second-order valence-corrected chi connectivity index (χ2v) is 19.0. The zero-order valence-corrected chi connectivity index (χ0v) is 32.1. The van der Waals surface area contributed by atoms with Gasteiger partial charge in [-0.15, -0.1) is 45.3 Å². The van der Waals surface area contributed by atoms with Crippen LogP contribution in [-0.4, -0.2) is 0 Å². The first-order valence-electron chi connectivity index (χ1n) is 18.6. The summed E-state index contributed by atoms with van der Waals surface area (Å²) in [7, 11) is 0. The number of aryl methyl sites for hydroxylation is 8. The SMILES string of the molecule is c1cc2c3cc1CCc1ccc(cc1-c1ccc(s1)-c1ccc(s1)-c1cc4ccc1CCc1ccc(c(c1)-c1ccc(s1)-c1ccc-3s1)CC4)CC2. The zero-order chi connectivity index (χ0) is 34.2. The first kappa shape index (κ1) is 31.2. The summed E-state index contributed by atoms with van der Waals surface area (Å²) in [6.45, 7) is 0. The van der Waals surface area contributed by atoms with Crippen LogP contribution in [0.25, 0.3) is 61.3 Å². The topological polar surface area (TPSA) is 0 Å².